The van der Waals surface area contributed by atoms with E-state index in [0.717, 1.165) is 31.3 Å². The average molecular weight is 180 g/mol. The quantitative estimate of drug-likeness (QED) is 0.638. The summed E-state index contributed by atoms with van der Waals surface area (Å²) < 4.78 is 0. The second-order valence-electron chi connectivity index (χ2n) is 4.08. The molecular weight excluding hydrogens is 164 g/mol. The van der Waals surface area contributed by atoms with Crippen molar-refractivity contribution in [1.82, 2.24) is 10.6 Å². The highest BCUT2D eigenvalue weighted by atomic mass is 16.2. The molecule has 0 aromatic carbocycles. The normalized spacial score (nSPS) is 32.6. The Morgan fingerprint density at radius 1 is 1.38 bits per heavy atom. The molecule has 1 unspecified atom stereocenters. The lowest BCUT2D eigenvalue weighted by Gasteiger charge is -2.36. The van der Waals surface area contributed by atoms with Crippen LogP contribution in [0.2, 0.25) is 0 Å². The van der Waals surface area contributed by atoms with E-state index >= 15 is 0 Å². The van der Waals surface area contributed by atoms with Crippen molar-refractivity contribution in [3.8, 4) is 0 Å². The minimum Gasteiger partial charge on any atom is -0.366 e. The molecule has 0 aromatic rings. The van der Waals surface area contributed by atoms with Gasteiger partial charge in [0.2, 0.25) is 0 Å². The summed E-state index contributed by atoms with van der Waals surface area (Å²) in [5.41, 5.74) is 1.93. The molecule has 3 nitrogen and oxygen atoms in total. The molecule has 0 radical (unpaired) electrons. The third-order valence-corrected chi connectivity index (χ3v) is 3.02. The summed E-state index contributed by atoms with van der Waals surface area (Å²) in [5, 5.41) is 6.43. The van der Waals surface area contributed by atoms with Gasteiger partial charge in [0.25, 0.3) is 5.91 Å². The van der Waals surface area contributed by atoms with Crippen LogP contribution in [-0.2, 0) is 4.79 Å². The summed E-state index contributed by atoms with van der Waals surface area (Å²) in [6, 6.07) is 0. The number of allylic oxidation sites excluding steroid dienone is 1. The molecule has 1 amide bonds. The van der Waals surface area contributed by atoms with Gasteiger partial charge in [0, 0.05) is 11.3 Å². The molecular formula is C10H16N2O. The van der Waals surface area contributed by atoms with E-state index in [9.17, 15) is 4.79 Å². The highest BCUT2D eigenvalue weighted by molar-refractivity contribution is 5.96. The molecule has 0 fully saturated rings. The van der Waals surface area contributed by atoms with Crippen molar-refractivity contribution >= 4 is 5.91 Å². The number of carbonyl (C=O) groups excluding carboxylic acids is 1. The first-order valence-electron chi connectivity index (χ1n) is 4.97. The van der Waals surface area contributed by atoms with Crippen molar-refractivity contribution < 1.29 is 4.79 Å². The van der Waals surface area contributed by atoms with Crippen LogP contribution in [0, 0.1) is 0 Å². The van der Waals surface area contributed by atoms with E-state index in [1.165, 1.54) is 5.70 Å². The molecule has 1 atom stereocenters. The minimum atomic E-state index is -0.222. The lowest BCUT2D eigenvalue weighted by molar-refractivity contribution is -0.120. The number of carbonyl (C=O) groups is 1. The van der Waals surface area contributed by atoms with Crippen LogP contribution < -0.4 is 10.6 Å². The van der Waals surface area contributed by atoms with Crippen LogP contribution >= 0.6 is 0 Å². The van der Waals surface area contributed by atoms with E-state index in [0.29, 0.717) is 0 Å². The van der Waals surface area contributed by atoms with Crippen molar-refractivity contribution in [2.24, 2.45) is 0 Å². The summed E-state index contributed by atoms with van der Waals surface area (Å²) in [6.07, 6.45) is 4.01. The van der Waals surface area contributed by atoms with Gasteiger partial charge in [0.05, 0.1) is 0 Å². The average Bonchev–Trinajstić information content (AvgIpc) is 2.52. The van der Waals surface area contributed by atoms with Crippen molar-refractivity contribution in [2.75, 3.05) is 0 Å². The van der Waals surface area contributed by atoms with E-state index in [2.05, 4.69) is 17.6 Å². The fourth-order valence-corrected chi connectivity index (χ4v) is 2.00. The summed E-state index contributed by atoms with van der Waals surface area (Å²) in [5.74, 6) is 0.135. The van der Waals surface area contributed by atoms with Gasteiger partial charge in [0.1, 0.15) is 5.66 Å². The fourth-order valence-electron chi connectivity index (χ4n) is 2.00. The molecule has 13 heavy (non-hydrogen) atoms. The molecule has 2 N–H and O–H groups in total. The molecule has 0 aromatic heterocycles. The largest absolute Gasteiger partial charge is 0.366 e. The molecule has 1 aliphatic carbocycles. The minimum absolute atomic E-state index is 0.135. The lowest BCUT2D eigenvalue weighted by atomic mass is 10.0. The zero-order chi connectivity index (χ0) is 9.47. The van der Waals surface area contributed by atoms with Crippen molar-refractivity contribution in [2.45, 2.75) is 45.2 Å². The summed E-state index contributed by atoms with van der Waals surface area (Å²) in [6.45, 7) is 4.11. The Morgan fingerprint density at radius 3 is 2.85 bits per heavy atom. The van der Waals surface area contributed by atoms with Crippen LogP contribution in [-0.4, -0.2) is 11.6 Å². The van der Waals surface area contributed by atoms with Crippen LogP contribution in [0.25, 0.3) is 0 Å². The van der Waals surface area contributed by atoms with Crippen molar-refractivity contribution in [1.29, 1.82) is 0 Å². The van der Waals surface area contributed by atoms with Gasteiger partial charge in [-0.2, -0.15) is 0 Å². The van der Waals surface area contributed by atoms with E-state index < -0.39 is 0 Å². The Bertz CT molecular complexity index is 283. The van der Waals surface area contributed by atoms with Crippen LogP contribution in [0.4, 0.5) is 0 Å². The number of hydrogen-bond acceptors (Lipinski definition) is 2. The lowest BCUT2D eigenvalue weighted by Crippen LogP contribution is -2.59. The summed E-state index contributed by atoms with van der Waals surface area (Å²) >= 11 is 0. The van der Waals surface area contributed by atoms with Gasteiger partial charge in [-0.3, -0.25) is 4.79 Å². The first-order valence-corrected chi connectivity index (χ1v) is 4.97. The van der Waals surface area contributed by atoms with Crippen molar-refractivity contribution in [3.05, 3.63) is 11.3 Å². The van der Waals surface area contributed by atoms with Gasteiger partial charge in [0.15, 0.2) is 0 Å². The third kappa shape index (κ3) is 1.32. The molecule has 0 saturated carbocycles. The fraction of sp³-hybridized carbons (Fsp3) is 0.700. The van der Waals surface area contributed by atoms with E-state index in [1.54, 1.807) is 0 Å². The van der Waals surface area contributed by atoms with Crippen LogP contribution in [0.15, 0.2) is 11.3 Å². The SMILES string of the molecule is CCC1(C)NC(=O)C2=C(CCC2)N1. The summed E-state index contributed by atoms with van der Waals surface area (Å²) in [4.78, 5) is 11.6. The zero-order valence-corrected chi connectivity index (χ0v) is 8.24. The summed E-state index contributed by atoms with van der Waals surface area (Å²) in [7, 11) is 0. The molecule has 72 valence electrons. The maximum absolute atomic E-state index is 11.6. The first-order chi connectivity index (χ1) is 6.14. The van der Waals surface area contributed by atoms with Crippen LogP contribution in [0.3, 0.4) is 0 Å². The van der Waals surface area contributed by atoms with Gasteiger partial charge < -0.3 is 10.6 Å². The Hall–Kier alpha value is -0.990. The first kappa shape index (κ1) is 8.60. The van der Waals surface area contributed by atoms with E-state index in [-0.39, 0.29) is 11.6 Å². The predicted octanol–water partition coefficient (Wildman–Crippen LogP) is 1.27. The molecule has 1 aliphatic heterocycles. The second-order valence-corrected chi connectivity index (χ2v) is 4.08. The molecule has 0 saturated heterocycles. The molecule has 1 heterocycles. The van der Waals surface area contributed by atoms with Gasteiger partial charge in [-0.05, 0) is 32.6 Å². The Kier molecular flexibility index (Phi) is 1.82. The topological polar surface area (TPSA) is 41.1 Å². The van der Waals surface area contributed by atoms with Gasteiger partial charge in [-0.1, -0.05) is 6.92 Å². The molecule has 0 spiro atoms. The zero-order valence-electron chi connectivity index (χ0n) is 8.24. The van der Waals surface area contributed by atoms with Crippen molar-refractivity contribution in [3.63, 3.8) is 0 Å². The highest BCUT2D eigenvalue weighted by Crippen LogP contribution is 2.29. The van der Waals surface area contributed by atoms with Crippen LogP contribution in [0.5, 0.6) is 0 Å². The van der Waals surface area contributed by atoms with E-state index in [1.807, 2.05) is 6.92 Å². The number of amides is 1. The highest BCUT2D eigenvalue weighted by Gasteiger charge is 2.34. The van der Waals surface area contributed by atoms with Crippen LogP contribution in [0.1, 0.15) is 39.5 Å². The Morgan fingerprint density at radius 2 is 2.15 bits per heavy atom. The second kappa shape index (κ2) is 2.76. The molecule has 2 aliphatic rings. The monoisotopic (exact) mass is 180 g/mol. The van der Waals surface area contributed by atoms with E-state index in [4.69, 9.17) is 0 Å². The third-order valence-electron chi connectivity index (χ3n) is 3.02. The maximum atomic E-state index is 11.6. The molecule has 0 bridgehead atoms. The number of rotatable bonds is 1. The number of hydrogen-bond donors (Lipinski definition) is 2. The van der Waals surface area contributed by atoms with Gasteiger partial charge >= 0.3 is 0 Å². The molecule has 3 heteroatoms. The standard InChI is InChI=1S/C10H16N2O/c1-3-10(2)11-8-6-4-5-7(8)9(13)12-10/h11H,3-6H2,1-2H3,(H,12,13). The Balaban J connectivity index is 2.27. The molecule has 2 rings (SSSR count). The van der Waals surface area contributed by atoms with Gasteiger partial charge in [-0.25, -0.2) is 0 Å². The Labute approximate surface area is 78.6 Å². The number of nitrogens with one attached hydrogen (secondary N) is 2. The maximum Gasteiger partial charge on any atom is 0.250 e. The predicted molar refractivity (Wildman–Crippen MR) is 50.9 cm³/mol. The van der Waals surface area contributed by atoms with Gasteiger partial charge in [-0.15, -0.1) is 0 Å². The smallest absolute Gasteiger partial charge is 0.250 e.